The van der Waals surface area contributed by atoms with E-state index in [9.17, 15) is 4.79 Å². The number of rotatable bonds is 4. The Labute approximate surface area is 102 Å². The molecule has 2 atom stereocenters. The predicted molar refractivity (Wildman–Crippen MR) is 68.5 cm³/mol. The fraction of sp³-hybridized carbons (Fsp3) is 0.917. The number of fused-ring (bicyclic) bond motifs is 1. The summed E-state index contributed by atoms with van der Waals surface area (Å²) >= 11 is 1.81. The average molecular weight is 242 g/mol. The number of hydrogen-bond acceptors (Lipinski definition) is 3. The molecule has 2 saturated heterocycles. The molecular formula is C12H22N2OS. The third kappa shape index (κ3) is 2.23. The van der Waals surface area contributed by atoms with Crippen LogP contribution in [0, 0.1) is 0 Å². The van der Waals surface area contributed by atoms with Crippen LogP contribution in [0.15, 0.2) is 0 Å². The second-order valence-corrected chi connectivity index (χ2v) is 6.12. The van der Waals surface area contributed by atoms with E-state index in [1.165, 1.54) is 25.7 Å². The summed E-state index contributed by atoms with van der Waals surface area (Å²) in [6.45, 7) is 6.35. The van der Waals surface area contributed by atoms with E-state index in [1.54, 1.807) is 0 Å². The number of nitrogens with zero attached hydrogens (tertiary/aromatic N) is 1. The summed E-state index contributed by atoms with van der Waals surface area (Å²) in [5.41, 5.74) is 0.129. The van der Waals surface area contributed by atoms with E-state index >= 15 is 0 Å². The predicted octanol–water partition coefficient (Wildman–Crippen LogP) is 1.83. The highest BCUT2D eigenvalue weighted by Gasteiger charge is 2.46. The quantitative estimate of drug-likeness (QED) is 0.763. The van der Waals surface area contributed by atoms with Crippen LogP contribution >= 0.6 is 11.8 Å². The molecule has 1 N–H and O–H groups in total. The van der Waals surface area contributed by atoms with Gasteiger partial charge in [0.15, 0.2) is 0 Å². The zero-order valence-electron chi connectivity index (χ0n) is 10.3. The van der Waals surface area contributed by atoms with Crippen LogP contribution in [0.2, 0.25) is 0 Å². The number of nitrogens with one attached hydrogen (secondary N) is 1. The molecule has 2 heterocycles. The molecule has 0 aromatic heterocycles. The minimum absolute atomic E-state index is 0.129. The molecule has 1 amide bonds. The van der Waals surface area contributed by atoms with E-state index in [0.29, 0.717) is 17.0 Å². The minimum Gasteiger partial charge on any atom is -0.327 e. The lowest BCUT2D eigenvalue weighted by atomic mass is 9.91. The Kier molecular flexibility index (Phi) is 3.80. The summed E-state index contributed by atoms with van der Waals surface area (Å²) < 4.78 is 0. The number of unbranched alkanes of at least 4 members (excludes halogenated alkanes) is 2. The van der Waals surface area contributed by atoms with Gasteiger partial charge in [-0.2, -0.15) is 0 Å². The van der Waals surface area contributed by atoms with Crippen LogP contribution < -0.4 is 5.32 Å². The first-order chi connectivity index (χ1) is 7.67. The fourth-order valence-electron chi connectivity index (χ4n) is 2.73. The Bertz CT molecular complexity index is 272. The smallest absolute Gasteiger partial charge is 0.233 e. The maximum absolute atomic E-state index is 11.7. The van der Waals surface area contributed by atoms with Gasteiger partial charge in [0.1, 0.15) is 0 Å². The zero-order valence-corrected chi connectivity index (χ0v) is 11.1. The van der Waals surface area contributed by atoms with Crippen molar-refractivity contribution in [3.63, 3.8) is 0 Å². The van der Waals surface area contributed by atoms with Crippen molar-refractivity contribution in [1.82, 2.24) is 10.2 Å². The average Bonchev–Trinajstić information content (AvgIpc) is 2.63. The standard InChI is InChI=1S/C12H22N2OS/c1-3-4-5-6-12(2)11-14(8-7-13-12)10(15)9-16-11/h11,13H,3-9H2,1-2H3/t11-,12+/m0/s1. The van der Waals surface area contributed by atoms with Crippen molar-refractivity contribution in [2.75, 3.05) is 18.8 Å². The van der Waals surface area contributed by atoms with E-state index in [-0.39, 0.29) is 5.54 Å². The van der Waals surface area contributed by atoms with E-state index in [2.05, 4.69) is 24.1 Å². The number of carbonyl (C=O) groups excluding carboxylic acids is 1. The van der Waals surface area contributed by atoms with Crippen molar-refractivity contribution in [3.8, 4) is 0 Å². The Morgan fingerprint density at radius 2 is 2.38 bits per heavy atom. The number of carbonyl (C=O) groups is 1. The normalized spacial score (nSPS) is 34.2. The second kappa shape index (κ2) is 4.96. The zero-order chi connectivity index (χ0) is 11.6. The summed E-state index contributed by atoms with van der Waals surface area (Å²) in [6, 6.07) is 0. The van der Waals surface area contributed by atoms with Gasteiger partial charge in [0.05, 0.1) is 11.1 Å². The summed E-state index contributed by atoms with van der Waals surface area (Å²) in [4.78, 5) is 13.8. The second-order valence-electron chi connectivity index (χ2n) is 5.05. The molecule has 0 saturated carbocycles. The maximum atomic E-state index is 11.7. The molecule has 0 spiro atoms. The number of piperazine rings is 1. The first-order valence-corrected chi connectivity index (χ1v) is 7.38. The van der Waals surface area contributed by atoms with Crippen molar-refractivity contribution < 1.29 is 4.79 Å². The molecule has 2 aliphatic rings. The van der Waals surface area contributed by atoms with Gasteiger partial charge in [-0.15, -0.1) is 11.8 Å². The minimum atomic E-state index is 0.129. The van der Waals surface area contributed by atoms with Gasteiger partial charge in [-0.3, -0.25) is 4.79 Å². The van der Waals surface area contributed by atoms with Crippen LogP contribution in [0.4, 0.5) is 0 Å². The lowest BCUT2D eigenvalue weighted by Gasteiger charge is -2.45. The van der Waals surface area contributed by atoms with Gasteiger partial charge in [0.2, 0.25) is 5.91 Å². The Hall–Kier alpha value is -0.220. The highest BCUT2D eigenvalue weighted by atomic mass is 32.2. The highest BCUT2D eigenvalue weighted by molar-refractivity contribution is 8.01. The molecule has 3 nitrogen and oxygen atoms in total. The van der Waals surface area contributed by atoms with Gasteiger partial charge in [-0.1, -0.05) is 26.2 Å². The summed E-state index contributed by atoms with van der Waals surface area (Å²) in [5, 5.41) is 4.00. The van der Waals surface area contributed by atoms with Crippen molar-refractivity contribution >= 4 is 17.7 Å². The molecule has 2 fully saturated rings. The van der Waals surface area contributed by atoms with E-state index in [4.69, 9.17) is 0 Å². The largest absolute Gasteiger partial charge is 0.327 e. The highest BCUT2D eigenvalue weighted by Crippen LogP contribution is 2.37. The molecule has 0 aliphatic carbocycles. The van der Waals surface area contributed by atoms with Crippen LogP contribution in [0.1, 0.15) is 39.5 Å². The third-order valence-electron chi connectivity index (χ3n) is 3.69. The molecular weight excluding hydrogens is 220 g/mol. The monoisotopic (exact) mass is 242 g/mol. The van der Waals surface area contributed by atoms with Crippen molar-refractivity contribution in [2.24, 2.45) is 0 Å². The topological polar surface area (TPSA) is 32.3 Å². The van der Waals surface area contributed by atoms with Crippen LogP contribution in [0.5, 0.6) is 0 Å². The van der Waals surface area contributed by atoms with Gasteiger partial charge in [0.25, 0.3) is 0 Å². The Morgan fingerprint density at radius 3 is 3.12 bits per heavy atom. The van der Waals surface area contributed by atoms with Gasteiger partial charge < -0.3 is 10.2 Å². The first kappa shape index (κ1) is 12.2. The van der Waals surface area contributed by atoms with Gasteiger partial charge in [0, 0.05) is 18.6 Å². The van der Waals surface area contributed by atoms with Gasteiger partial charge >= 0.3 is 0 Å². The summed E-state index contributed by atoms with van der Waals surface area (Å²) in [5.74, 6) is 1.01. The van der Waals surface area contributed by atoms with E-state index in [1.807, 2.05) is 11.8 Å². The van der Waals surface area contributed by atoms with Gasteiger partial charge in [-0.25, -0.2) is 0 Å². The molecule has 0 aromatic rings. The van der Waals surface area contributed by atoms with Crippen molar-refractivity contribution in [2.45, 2.75) is 50.4 Å². The van der Waals surface area contributed by atoms with Crippen molar-refractivity contribution in [1.29, 1.82) is 0 Å². The van der Waals surface area contributed by atoms with Crippen LogP contribution in [-0.4, -0.2) is 40.6 Å². The maximum Gasteiger partial charge on any atom is 0.233 e. The molecule has 2 rings (SSSR count). The molecule has 0 unspecified atom stereocenters. The molecule has 4 heteroatoms. The molecule has 16 heavy (non-hydrogen) atoms. The van der Waals surface area contributed by atoms with E-state index in [0.717, 1.165) is 13.1 Å². The Morgan fingerprint density at radius 1 is 1.56 bits per heavy atom. The van der Waals surface area contributed by atoms with Crippen LogP contribution in [0.25, 0.3) is 0 Å². The number of thioether (sulfide) groups is 1. The molecule has 0 bridgehead atoms. The van der Waals surface area contributed by atoms with Crippen LogP contribution in [-0.2, 0) is 4.79 Å². The first-order valence-electron chi connectivity index (χ1n) is 6.33. The molecule has 92 valence electrons. The fourth-order valence-corrected chi connectivity index (χ4v) is 4.17. The molecule has 2 aliphatic heterocycles. The van der Waals surface area contributed by atoms with Gasteiger partial charge in [-0.05, 0) is 13.3 Å². The summed E-state index contributed by atoms with van der Waals surface area (Å²) in [6.07, 6.45) is 5.00. The summed E-state index contributed by atoms with van der Waals surface area (Å²) in [7, 11) is 0. The number of amides is 1. The third-order valence-corrected chi connectivity index (χ3v) is 5.20. The molecule has 0 radical (unpaired) electrons. The van der Waals surface area contributed by atoms with E-state index < -0.39 is 0 Å². The SMILES string of the molecule is CCCCC[C@@]1(C)NCCN2C(=O)CS[C@H]21. The number of hydrogen-bond donors (Lipinski definition) is 1. The Balaban J connectivity index is 1.99. The lowest BCUT2D eigenvalue weighted by molar-refractivity contribution is -0.130. The lowest BCUT2D eigenvalue weighted by Crippen LogP contribution is -2.63. The van der Waals surface area contributed by atoms with Crippen LogP contribution in [0.3, 0.4) is 0 Å². The van der Waals surface area contributed by atoms with Crippen molar-refractivity contribution in [3.05, 3.63) is 0 Å². The molecule has 0 aromatic carbocycles.